The first-order valence-corrected chi connectivity index (χ1v) is 12.4. The molecule has 1 aliphatic carbocycles. The lowest BCUT2D eigenvalue weighted by Gasteiger charge is -2.26. The van der Waals surface area contributed by atoms with Crippen LogP contribution in [0.1, 0.15) is 32.8 Å². The molecule has 4 rings (SSSR count). The first-order valence-electron chi connectivity index (χ1n) is 11.1. The highest BCUT2D eigenvalue weighted by Crippen LogP contribution is 2.35. The third-order valence-electron chi connectivity index (χ3n) is 5.76. The summed E-state index contributed by atoms with van der Waals surface area (Å²) in [5.41, 5.74) is 3.33. The zero-order valence-corrected chi connectivity index (χ0v) is 19.9. The van der Waals surface area contributed by atoms with Gasteiger partial charge >= 0.3 is 0 Å². The van der Waals surface area contributed by atoms with Crippen LogP contribution < -0.4 is 15.9 Å². The van der Waals surface area contributed by atoms with Crippen molar-refractivity contribution < 1.29 is 5.11 Å². The van der Waals surface area contributed by atoms with Gasteiger partial charge in [0.15, 0.2) is 0 Å². The Bertz CT molecular complexity index is 1120. The fourth-order valence-corrected chi connectivity index (χ4v) is 6.34. The maximum Gasteiger partial charge on any atom is 0.136 e. The molecule has 0 saturated carbocycles. The van der Waals surface area contributed by atoms with E-state index in [0.717, 1.165) is 5.71 Å². The predicted molar refractivity (Wildman–Crippen MR) is 139 cm³/mol. The Morgan fingerprint density at radius 2 is 1.34 bits per heavy atom. The number of aliphatic hydroxyl groups excluding tert-OH is 1. The minimum absolute atomic E-state index is 0.0603. The van der Waals surface area contributed by atoms with E-state index in [-0.39, 0.29) is 11.2 Å². The summed E-state index contributed by atoms with van der Waals surface area (Å²) in [7, 11) is -0.692. The molecule has 2 nitrogen and oxygen atoms in total. The van der Waals surface area contributed by atoms with Gasteiger partial charge in [-0.3, -0.25) is 4.99 Å². The molecule has 1 N–H and O–H groups in total. The monoisotopic (exact) mass is 439 g/mol. The highest BCUT2D eigenvalue weighted by molar-refractivity contribution is 7.79. The Morgan fingerprint density at radius 1 is 0.781 bits per heavy atom. The molecule has 0 aliphatic heterocycles. The van der Waals surface area contributed by atoms with Crippen molar-refractivity contribution in [3.05, 3.63) is 114 Å². The summed E-state index contributed by atoms with van der Waals surface area (Å²) in [6.45, 7) is 7.16. The quantitative estimate of drug-likeness (QED) is 0.472. The van der Waals surface area contributed by atoms with Crippen LogP contribution in [0.15, 0.2) is 113 Å². The molecule has 1 aliphatic rings. The van der Waals surface area contributed by atoms with Crippen LogP contribution in [0.2, 0.25) is 0 Å². The van der Waals surface area contributed by atoms with Gasteiger partial charge in [0.1, 0.15) is 5.76 Å². The summed E-state index contributed by atoms with van der Waals surface area (Å²) >= 11 is 0. The first kappa shape index (κ1) is 22.2. The lowest BCUT2D eigenvalue weighted by molar-refractivity contribution is 0.434. The molecule has 0 amide bonds. The van der Waals surface area contributed by atoms with E-state index in [2.05, 4.69) is 106 Å². The molecule has 0 spiro atoms. The second kappa shape index (κ2) is 9.67. The summed E-state index contributed by atoms with van der Waals surface area (Å²) in [5, 5.41) is 14.4. The standard InChI is InChI=1S/C29H30NOP/c1-29(2,3)23-18-19-27(31)26(20-23)30-21-22-12-10-11-17-28(22)32(24-13-6-4-7-14-24)25-15-8-5-9-16-25/h4-19,31H,20-21H2,1-3H3. The topological polar surface area (TPSA) is 32.6 Å². The van der Waals surface area contributed by atoms with Gasteiger partial charge in [-0.2, -0.15) is 0 Å². The van der Waals surface area contributed by atoms with Crippen LogP contribution in [0.4, 0.5) is 0 Å². The lowest BCUT2D eigenvalue weighted by Crippen LogP contribution is -2.23. The fraction of sp³-hybridized carbons (Fsp3) is 0.207. The number of rotatable bonds is 5. The lowest BCUT2D eigenvalue weighted by atomic mass is 9.81. The van der Waals surface area contributed by atoms with E-state index in [1.165, 1.54) is 27.1 Å². The zero-order chi connectivity index (χ0) is 22.6. The van der Waals surface area contributed by atoms with Gasteiger partial charge in [-0.15, -0.1) is 0 Å². The number of hydrogen-bond acceptors (Lipinski definition) is 2. The number of aliphatic hydroxyl groups is 1. The normalized spacial score (nSPS) is 15.6. The second-order valence-electron chi connectivity index (χ2n) is 9.07. The largest absolute Gasteiger partial charge is 0.506 e. The average molecular weight is 440 g/mol. The van der Waals surface area contributed by atoms with Gasteiger partial charge in [0.2, 0.25) is 0 Å². The summed E-state index contributed by atoms with van der Waals surface area (Å²) in [4.78, 5) is 4.90. The second-order valence-corrected chi connectivity index (χ2v) is 11.3. The van der Waals surface area contributed by atoms with Crippen molar-refractivity contribution in [2.24, 2.45) is 10.4 Å². The summed E-state index contributed by atoms with van der Waals surface area (Å²) in [6, 6.07) is 30.1. The van der Waals surface area contributed by atoms with E-state index in [1.807, 2.05) is 6.08 Å². The number of hydrogen-bond donors (Lipinski definition) is 1. The highest BCUT2D eigenvalue weighted by Gasteiger charge is 2.23. The van der Waals surface area contributed by atoms with E-state index in [0.29, 0.717) is 13.0 Å². The molecule has 0 heterocycles. The molecule has 32 heavy (non-hydrogen) atoms. The van der Waals surface area contributed by atoms with Crippen molar-refractivity contribution in [1.29, 1.82) is 0 Å². The van der Waals surface area contributed by atoms with Gasteiger partial charge in [-0.05, 0) is 40.9 Å². The van der Waals surface area contributed by atoms with Gasteiger partial charge in [-0.25, -0.2) is 0 Å². The molecule has 0 bridgehead atoms. The molecular weight excluding hydrogens is 409 g/mol. The third kappa shape index (κ3) is 5.09. The molecule has 0 radical (unpaired) electrons. The highest BCUT2D eigenvalue weighted by atomic mass is 31.1. The van der Waals surface area contributed by atoms with Crippen LogP contribution >= 0.6 is 7.92 Å². The van der Waals surface area contributed by atoms with Gasteiger partial charge in [0, 0.05) is 6.42 Å². The maximum absolute atomic E-state index is 10.5. The van der Waals surface area contributed by atoms with Crippen molar-refractivity contribution in [1.82, 2.24) is 0 Å². The molecule has 0 aromatic heterocycles. The Hall–Kier alpha value is -2.96. The van der Waals surface area contributed by atoms with Crippen molar-refractivity contribution in [3.63, 3.8) is 0 Å². The maximum atomic E-state index is 10.5. The van der Waals surface area contributed by atoms with Gasteiger partial charge in [0.25, 0.3) is 0 Å². The molecule has 0 fully saturated rings. The van der Waals surface area contributed by atoms with Crippen molar-refractivity contribution in [2.45, 2.75) is 33.7 Å². The van der Waals surface area contributed by atoms with Gasteiger partial charge < -0.3 is 5.11 Å². The smallest absolute Gasteiger partial charge is 0.136 e. The van der Waals surface area contributed by atoms with Crippen molar-refractivity contribution in [2.75, 3.05) is 0 Å². The third-order valence-corrected chi connectivity index (χ3v) is 8.31. The molecule has 162 valence electrons. The van der Waals surface area contributed by atoms with Gasteiger partial charge in [0.05, 0.1) is 12.3 Å². The minimum atomic E-state index is -0.692. The summed E-state index contributed by atoms with van der Waals surface area (Å²) < 4.78 is 0. The van der Waals surface area contributed by atoms with Gasteiger partial charge in [-0.1, -0.05) is 117 Å². The summed E-state index contributed by atoms with van der Waals surface area (Å²) in [5.74, 6) is 0.281. The predicted octanol–water partition coefficient (Wildman–Crippen LogP) is 6.20. The number of allylic oxidation sites excluding steroid dienone is 4. The molecule has 3 aromatic carbocycles. The van der Waals surface area contributed by atoms with Crippen molar-refractivity contribution >= 4 is 29.5 Å². The molecule has 0 unspecified atom stereocenters. The fourth-order valence-electron chi connectivity index (χ4n) is 3.88. The molecule has 3 heteroatoms. The van der Waals surface area contributed by atoms with Crippen molar-refractivity contribution in [3.8, 4) is 0 Å². The molecule has 0 saturated heterocycles. The Morgan fingerprint density at radius 3 is 1.94 bits per heavy atom. The van der Waals surface area contributed by atoms with E-state index >= 15 is 0 Å². The number of aliphatic imine (C=N–C) groups is 1. The van der Waals surface area contributed by atoms with E-state index < -0.39 is 7.92 Å². The minimum Gasteiger partial charge on any atom is -0.506 e. The Balaban J connectivity index is 1.70. The van der Waals surface area contributed by atoms with E-state index in [9.17, 15) is 5.11 Å². The summed E-state index contributed by atoms with van der Waals surface area (Å²) in [6.07, 6.45) is 4.52. The molecular formula is C29H30NOP. The van der Waals surface area contributed by atoms with Crippen LogP contribution in [0.3, 0.4) is 0 Å². The Kier molecular flexibility index (Phi) is 6.72. The molecule has 3 aromatic rings. The molecule has 0 atom stereocenters. The van der Waals surface area contributed by atoms with E-state index in [1.54, 1.807) is 6.08 Å². The first-order chi connectivity index (χ1) is 15.4. The van der Waals surface area contributed by atoms with Crippen LogP contribution in [0.25, 0.3) is 0 Å². The van der Waals surface area contributed by atoms with Crippen LogP contribution in [-0.4, -0.2) is 10.8 Å². The zero-order valence-electron chi connectivity index (χ0n) is 19.0. The average Bonchev–Trinajstić information content (AvgIpc) is 2.80. The number of benzene rings is 3. The van der Waals surface area contributed by atoms with Crippen LogP contribution in [0.5, 0.6) is 0 Å². The SMILES string of the molecule is CC(C)(C)C1=CC=C(O)C(=NCc2ccccc2P(c2ccccc2)c2ccccc2)C1. The van der Waals surface area contributed by atoms with E-state index in [4.69, 9.17) is 4.99 Å². The van der Waals surface area contributed by atoms with Crippen LogP contribution in [-0.2, 0) is 6.54 Å². The van der Waals surface area contributed by atoms with Crippen LogP contribution in [0, 0.1) is 5.41 Å². The Labute approximate surface area is 192 Å². The number of nitrogens with zero attached hydrogens (tertiary/aromatic N) is 1.